The minimum Gasteiger partial charge on any atom is -0.454 e. The van der Waals surface area contributed by atoms with Crippen LogP contribution in [-0.4, -0.2) is 17.7 Å². The molecule has 0 spiro atoms. The monoisotopic (exact) mass is 328 g/mol. The number of carbonyl (C=O) groups excluding carboxylic acids is 1. The molecule has 5 nitrogen and oxygen atoms in total. The largest absolute Gasteiger partial charge is 0.454 e. The molecule has 3 rings (SSSR count). The lowest BCUT2D eigenvalue weighted by atomic mass is 10.1. The van der Waals surface area contributed by atoms with Crippen LogP contribution in [0.1, 0.15) is 22.8 Å². The predicted molar refractivity (Wildman–Crippen MR) is 92.1 cm³/mol. The van der Waals surface area contributed by atoms with Gasteiger partial charge in [-0.2, -0.15) is 0 Å². The van der Waals surface area contributed by atoms with Crippen LogP contribution in [0.15, 0.2) is 42.5 Å². The van der Waals surface area contributed by atoms with Gasteiger partial charge in [-0.1, -0.05) is 6.07 Å². The van der Waals surface area contributed by atoms with Crippen LogP contribution in [0, 0.1) is 0 Å². The molecule has 0 saturated heterocycles. The average molecular weight is 328 g/mol. The molecule has 0 aromatic heterocycles. The maximum atomic E-state index is 11.2. The molecular formula is C17H16N2O3S. The number of ketones is 1. The fourth-order valence-corrected chi connectivity index (χ4v) is 2.39. The third-order valence-electron chi connectivity index (χ3n) is 3.44. The quantitative estimate of drug-likeness (QED) is 0.664. The van der Waals surface area contributed by atoms with Crippen LogP contribution < -0.4 is 20.1 Å². The zero-order chi connectivity index (χ0) is 16.2. The van der Waals surface area contributed by atoms with Gasteiger partial charge in [0.2, 0.25) is 6.79 Å². The van der Waals surface area contributed by atoms with E-state index >= 15 is 0 Å². The van der Waals surface area contributed by atoms with E-state index in [0.717, 1.165) is 22.7 Å². The van der Waals surface area contributed by atoms with Crippen LogP contribution in [0.3, 0.4) is 0 Å². The topological polar surface area (TPSA) is 59.6 Å². The molecule has 0 fully saturated rings. The second-order valence-corrected chi connectivity index (χ2v) is 5.54. The number of thiocarbonyl (C=S) groups is 1. The zero-order valence-electron chi connectivity index (χ0n) is 12.6. The summed E-state index contributed by atoms with van der Waals surface area (Å²) in [5.74, 6) is 1.56. The molecule has 0 bridgehead atoms. The molecule has 0 amide bonds. The molecule has 1 aliphatic heterocycles. The minimum atomic E-state index is 0.0417. The van der Waals surface area contributed by atoms with Gasteiger partial charge in [-0.3, -0.25) is 4.79 Å². The van der Waals surface area contributed by atoms with E-state index in [1.54, 1.807) is 19.1 Å². The Morgan fingerprint density at radius 1 is 1.13 bits per heavy atom. The molecule has 0 aliphatic carbocycles. The molecule has 0 saturated carbocycles. The summed E-state index contributed by atoms with van der Waals surface area (Å²) in [6.45, 7) is 2.39. The van der Waals surface area contributed by atoms with Crippen molar-refractivity contribution in [3.8, 4) is 11.5 Å². The van der Waals surface area contributed by atoms with Crippen molar-refractivity contribution in [2.45, 2.75) is 13.5 Å². The lowest BCUT2D eigenvalue weighted by Gasteiger charge is -2.11. The van der Waals surface area contributed by atoms with Crippen molar-refractivity contribution in [2.24, 2.45) is 0 Å². The van der Waals surface area contributed by atoms with Crippen LogP contribution in [-0.2, 0) is 6.54 Å². The first-order chi connectivity index (χ1) is 11.1. The van der Waals surface area contributed by atoms with Crippen LogP contribution in [0.2, 0.25) is 0 Å². The highest BCUT2D eigenvalue weighted by Crippen LogP contribution is 2.32. The second kappa shape index (κ2) is 6.66. The summed E-state index contributed by atoms with van der Waals surface area (Å²) in [5, 5.41) is 6.73. The molecule has 1 aliphatic rings. The molecule has 2 N–H and O–H groups in total. The molecule has 118 valence electrons. The van der Waals surface area contributed by atoms with Crippen LogP contribution in [0.25, 0.3) is 0 Å². The number of anilines is 1. The van der Waals surface area contributed by atoms with Gasteiger partial charge in [0.05, 0.1) is 0 Å². The van der Waals surface area contributed by atoms with E-state index in [4.69, 9.17) is 21.7 Å². The van der Waals surface area contributed by atoms with E-state index in [0.29, 0.717) is 17.2 Å². The number of carbonyl (C=O) groups is 1. The first kappa shape index (κ1) is 15.3. The van der Waals surface area contributed by atoms with Gasteiger partial charge in [0, 0.05) is 17.8 Å². The Morgan fingerprint density at radius 2 is 1.87 bits per heavy atom. The highest BCUT2D eigenvalue weighted by Gasteiger charge is 2.13. The summed E-state index contributed by atoms with van der Waals surface area (Å²) < 4.78 is 10.6. The Balaban J connectivity index is 1.54. The number of hydrogen-bond acceptors (Lipinski definition) is 4. The standard InChI is InChI=1S/C17H16N2O3S/c1-11(20)13-3-5-14(6-4-13)19-17(23)18-9-12-2-7-15-16(8-12)22-10-21-15/h2-8H,9-10H2,1H3,(H2,18,19,23). The lowest BCUT2D eigenvalue weighted by Crippen LogP contribution is -2.27. The Bertz CT molecular complexity index is 744. The van der Waals surface area contributed by atoms with E-state index in [9.17, 15) is 4.79 Å². The van der Waals surface area contributed by atoms with E-state index in [2.05, 4.69) is 10.6 Å². The van der Waals surface area contributed by atoms with E-state index < -0.39 is 0 Å². The van der Waals surface area contributed by atoms with Crippen molar-refractivity contribution >= 4 is 28.8 Å². The molecule has 0 atom stereocenters. The Kier molecular flexibility index (Phi) is 4.43. The summed E-state index contributed by atoms with van der Waals surface area (Å²) in [6, 6.07) is 13.0. The second-order valence-electron chi connectivity index (χ2n) is 5.13. The highest BCUT2D eigenvalue weighted by atomic mass is 32.1. The third kappa shape index (κ3) is 3.78. The maximum absolute atomic E-state index is 11.2. The zero-order valence-corrected chi connectivity index (χ0v) is 13.4. The van der Waals surface area contributed by atoms with Gasteiger partial charge < -0.3 is 20.1 Å². The summed E-state index contributed by atoms with van der Waals surface area (Å²) in [6.07, 6.45) is 0. The van der Waals surface area contributed by atoms with Crippen LogP contribution in [0.4, 0.5) is 5.69 Å². The molecule has 2 aromatic rings. The van der Waals surface area contributed by atoms with Crippen LogP contribution >= 0.6 is 12.2 Å². The van der Waals surface area contributed by atoms with E-state index in [-0.39, 0.29) is 12.6 Å². The number of ether oxygens (including phenoxy) is 2. The molecule has 23 heavy (non-hydrogen) atoms. The van der Waals surface area contributed by atoms with Gasteiger partial charge in [0.15, 0.2) is 22.4 Å². The van der Waals surface area contributed by atoms with Gasteiger partial charge in [-0.15, -0.1) is 0 Å². The lowest BCUT2D eigenvalue weighted by molar-refractivity contribution is 0.101. The SMILES string of the molecule is CC(=O)c1ccc(NC(=S)NCc2ccc3c(c2)OCO3)cc1. The number of rotatable bonds is 4. The summed E-state index contributed by atoms with van der Waals surface area (Å²) in [7, 11) is 0. The normalized spacial score (nSPS) is 11.9. The van der Waals surface area contributed by atoms with Crippen LogP contribution in [0.5, 0.6) is 11.5 Å². The summed E-state index contributed by atoms with van der Waals surface area (Å²) in [4.78, 5) is 11.2. The summed E-state index contributed by atoms with van der Waals surface area (Å²) in [5.41, 5.74) is 2.55. The van der Waals surface area contributed by atoms with Gasteiger partial charge in [0.25, 0.3) is 0 Å². The van der Waals surface area contributed by atoms with Crippen molar-refractivity contribution in [1.29, 1.82) is 0 Å². The summed E-state index contributed by atoms with van der Waals surface area (Å²) >= 11 is 5.27. The molecule has 6 heteroatoms. The number of nitrogens with one attached hydrogen (secondary N) is 2. The number of Topliss-reactive ketones (excluding diaryl/α,β-unsaturated/α-hetero) is 1. The Morgan fingerprint density at radius 3 is 2.61 bits per heavy atom. The van der Waals surface area contributed by atoms with Crippen molar-refractivity contribution in [3.05, 3.63) is 53.6 Å². The Hall–Kier alpha value is -2.60. The fourth-order valence-electron chi connectivity index (χ4n) is 2.20. The first-order valence-electron chi connectivity index (χ1n) is 7.16. The van der Waals surface area contributed by atoms with Gasteiger partial charge in [-0.05, 0) is 61.1 Å². The predicted octanol–water partition coefficient (Wildman–Crippen LogP) is 3.10. The maximum Gasteiger partial charge on any atom is 0.231 e. The molecule has 0 radical (unpaired) electrons. The van der Waals surface area contributed by atoms with Crippen molar-refractivity contribution in [1.82, 2.24) is 5.32 Å². The van der Waals surface area contributed by atoms with Gasteiger partial charge in [0.1, 0.15) is 0 Å². The van der Waals surface area contributed by atoms with Crippen molar-refractivity contribution in [2.75, 3.05) is 12.1 Å². The van der Waals surface area contributed by atoms with E-state index in [1.165, 1.54) is 0 Å². The number of fused-ring (bicyclic) bond motifs is 1. The number of benzene rings is 2. The van der Waals surface area contributed by atoms with E-state index in [1.807, 2.05) is 30.3 Å². The molecule has 0 unspecified atom stereocenters. The fraction of sp³-hybridized carbons (Fsp3) is 0.176. The van der Waals surface area contributed by atoms with Crippen molar-refractivity contribution in [3.63, 3.8) is 0 Å². The third-order valence-corrected chi connectivity index (χ3v) is 3.69. The molecular weight excluding hydrogens is 312 g/mol. The molecule has 2 aromatic carbocycles. The van der Waals surface area contributed by atoms with Crippen molar-refractivity contribution < 1.29 is 14.3 Å². The molecule has 1 heterocycles. The average Bonchev–Trinajstić information content (AvgIpc) is 3.01. The smallest absolute Gasteiger partial charge is 0.231 e. The Labute approximate surface area is 139 Å². The minimum absolute atomic E-state index is 0.0417. The first-order valence-corrected chi connectivity index (χ1v) is 7.57. The van der Waals surface area contributed by atoms with Gasteiger partial charge in [-0.25, -0.2) is 0 Å². The highest BCUT2D eigenvalue weighted by molar-refractivity contribution is 7.80. The number of hydrogen-bond donors (Lipinski definition) is 2. The van der Waals surface area contributed by atoms with Gasteiger partial charge >= 0.3 is 0 Å².